The van der Waals surface area contributed by atoms with Gasteiger partial charge < -0.3 is 14.5 Å². The maximum atomic E-state index is 12.1. The van der Waals surface area contributed by atoms with Gasteiger partial charge in [-0.1, -0.05) is 26.0 Å². The number of carbonyl (C=O) groups excluding carboxylic acids is 2. The molecule has 1 aromatic rings. The Morgan fingerprint density at radius 3 is 2.68 bits per heavy atom. The first-order valence-electron chi connectivity index (χ1n) is 9.18. The maximum absolute atomic E-state index is 12.1. The first kappa shape index (κ1) is 19.3. The number of hydrogen-bond donors (Lipinski definition) is 0. The summed E-state index contributed by atoms with van der Waals surface area (Å²) in [6.45, 7) is 9.81. The lowest BCUT2D eigenvalue weighted by Gasteiger charge is -2.37. The topological polar surface area (TPSA) is 49.9 Å². The summed E-state index contributed by atoms with van der Waals surface area (Å²) >= 11 is 0. The molecular formula is C20H30N2O3. The first-order chi connectivity index (χ1) is 11.9. The zero-order valence-electron chi connectivity index (χ0n) is 16.0. The summed E-state index contributed by atoms with van der Waals surface area (Å²) < 4.78 is 5.17. The predicted octanol–water partition coefficient (Wildman–Crippen LogP) is 3.95. The minimum atomic E-state index is -0.230. The Labute approximate surface area is 150 Å². The Hall–Kier alpha value is -2.04. The van der Waals surface area contributed by atoms with Gasteiger partial charge in [0.05, 0.1) is 6.61 Å². The van der Waals surface area contributed by atoms with E-state index in [0.717, 1.165) is 24.2 Å². The summed E-state index contributed by atoms with van der Waals surface area (Å²) in [5, 5.41) is 0. The molecule has 2 atom stereocenters. The van der Waals surface area contributed by atoms with Crippen LogP contribution < -0.4 is 4.90 Å². The van der Waals surface area contributed by atoms with Gasteiger partial charge in [0.2, 0.25) is 5.91 Å². The second-order valence-corrected chi connectivity index (χ2v) is 6.82. The van der Waals surface area contributed by atoms with E-state index in [1.807, 2.05) is 33.0 Å². The summed E-state index contributed by atoms with van der Waals surface area (Å²) in [7, 11) is 1.83. The highest BCUT2D eigenvalue weighted by Crippen LogP contribution is 2.36. The lowest BCUT2D eigenvalue weighted by molar-refractivity contribution is -0.118. The van der Waals surface area contributed by atoms with Crippen LogP contribution in [0.4, 0.5) is 10.5 Å². The molecule has 0 saturated carbocycles. The Kier molecular flexibility index (Phi) is 6.45. The van der Waals surface area contributed by atoms with Crippen LogP contribution in [0.2, 0.25) is 0 Å². The molecule has 2 unspecified atom stereocenters. The van der Waals surface area contributed by atoms with E-state index in [9.17, 15) is 9.59 Å². The van der Waals surface area contributed by atoms with Gasteiger partial charge >= 0.3 is 6.09 Å². The number of likely N-dealkylation sites (tertiary alicyclic amines) is 1. The van der Waals surface area contributed by atoms with Crippen molar-refractivity contribution in [2.75, 3.05) is 31.6 Å². The van der Waals surface area contributed by atoms with Crippen molar-refractivity contribution in [1.82, 2.24) is 4.90 Å². The fraction of sp³-hybridized carbons (Fsp3) is 0.600. The largest absolute Gasteiger partial charge is 0.450 e. The van der Waals surface area contributed by atoms with Gasteiger partial charge in [0.25, 0.3) is 0 Å². The van der Waals surface area contributed by atoms with Gasteiger partial charge in [0, 0.05) is 38.2 Å². The number of anilines is 1. The molecule has 0 N–H and O–H groups in total. The Balaban J connectivity index is 2.30. The summed E-state index contributed by atoms with van der Waals surface area (Å²) in [5.41, 5.74) is 3.29. The van der Waals surface area contributed by atoms with E-state index in [4.69, 9.17) is 4.74 Å². The van der Waals surface area contributed by atoms with Crippen molar-refractivity contribution in [2.24, 2.45) is 5.92 Å². The quantitative estimate of drug-likeness (QED) is 0.829. The highest BCUT2D eigenvalue weighted by molar-refractivity contribution is 5.93. The average Bonchev–Trinajstić information content (AvgIpc) is 2.61. The number of benzene rings is 1. The lowest BCUT2D eigenvalue weighted by atomic mass is 9.80. The number of rotatable bonds is 4. The fourth-order valence-electron chi connectivity index (χ4n) is 3.63. The maximum Gasteiger partial charge on any atom is 0.409 e. The van der Waals surface area contributed by atoms with Crippen LogP contribution >= 0.6 is 0 Å². The fourth-order valence-corrected chi connectivity index (χ4v) is 3.63. The molecule has 5 heteroatoms. The van der Waals surface area contributed by atoms with E-state index in [1.54, 1.807) is 9.80 Å². The van der Waals surface area contributed by atoms with Crippen molar-refractivity contribution in [3.8, 4) is 0 Å². The van der Waals surface area contributed by atoms with Gasteiger partial charge in [-0.25, -0.2) is 4.79 Å². The van der Waals surface area contributed by atoms with Crippen molar-refractivity contribution in [2.45, 2.75) is 46.5 Å². The van der Waals surface area contributed by atoms with Crippen molar-refractivity contribution in [1.29, 1.82) is 0 Å². The number of hydrogen-bond acceptors (Lipinski definition) is 3. The minimum absolute atomic E-state index is 0.102. The summed E-state index contributed by atoms with van der Waals surface area (Å²) in [5.74, 6) is 0.833. The molecule has 1 saturated heterocycles. The van der Waals surface area contributed by atoms with Crippen LogP contribution in [0.15, 0.2) is 18.2 Å². The van der Waals surface area contributed by atoms with Crippen LogP contribution in [-0.4, -0.2) is 43.6 Å². The van der Waals surface area contributed by atoms with Crippen molar-refractivity contribution in [3.05, 3.63) is 29.3 Å². The summed E-state index contributed by atoms with van der Waals surface area (Å²) in [6, 6.07) is 6.12. The Morgan fingerprint density at radius 1 is 1.32 bits per heavy atom. The molecule has 5 nitrogen and oxygen atoms in total. The molecule has 2 rings (SSSR count). The average molecular weight is 346 g/mol. The highest BCUT2D eigenvalue weighted by Gasteiger charge is 2.32. The molecule has 1 aliphatic rings. The van der Waals surface area contributed by atoms with Crippen LogP contribution in [0.25, 0.3) is 0 Å². The van der Waals surface area contributed by atoms with Crippen molar-refractivity contribution in [3.63, 3.8) is 0 Å². The van der Waals surface area contributed by atoms with E-state index < -0.39 is 0 Å². The second-order valence-electron chi connectivity index (χ2n) is 6.82. The third-order valence-corrected chi connectivity index (χ3v) is 5.27. The van der Waals surface area contributed by atoms with Gasteiger partial charge in [0.1, 0.15) is 0 Å². The van der Waals surface area contributed by atoms with E-state index in [0.29, 0.717) is 25.5 Å². The molecule has 1 fully saturated rings. The third kappa shape index (κ3) is 4.14. The van der Waals surface area contributed by atoms with Crippen LogP contribution in [-0.2, 0) is 9.53 Å². The van der Waals surface area contributed by atoms with Gasteiger partial charge in [-0.2, -0.15) is 0 Å². The number of piperidine rings is 1. The second kappa shape index (κ2) is 8.37. The van der Waals surface area contributed by atoms with E-state index >= 15 is 0 Å². The van der Waals surface area contributed by atoms with Crippen LogP contribution in [0.3, 0.4) is 0 Å². The Morgan fingerprint density at radius 2 is 2.04 bits per heavy atom. The van der Waals surface area contributed by atoms with Crippen molar-refractivity contribution >= 4 is 17.7 Å². The number of nitrogens with zero attached hydrogens (tertiary/aromatic N) is 2. The monoisotopic (exact) mass is 346 g/mol. The molecule has 0 aromatic heterocycles. The predicted molar refractivity (Wildman–Crippen MR) is 100.0 cm³/mol. The van der Waals surface area contributed by atoms with E-state index in [2.05, 4.69) is 19.9 Å². The third-order valence-electron chi connectivity index (χ3n) is 5.27. The molecule has 0 bridgehead atoms. The van der Waals surface area contributed by atoms with Gasteiger partial charge in [-0.3, -0.25) is 4.79 Å². The smallest absolute Gasteiger partial charge is 0.409 e. The SMILES string of the molecule is CCOC(=O)N1CCC(C)C(c2cccc(N(C)C(=O)CC)c2C)C1. The van der Waals surface area contributed by atoms with Crippen LogP contribution in [0, 0.1) is 12.8 Å². The summed E-state index contributed by atoms with van der Waals surface area (Å²) in [4.78, 5) is 27.7. The molecule has 25 heavy (non-hydrogen) atoms. The van der Waals surface area contributed by atoms with Crippen LogP contribution in [0.1, 0.15) is 50.7 Å². The molecule has 0 aliphatic carbocycles. The first-order valence-corrected chi connectivity index (χ1v) is 9.18. The molecule has 1 aromatic carbocycles. The normalized spacial score (nSPS) is 20.3. The van der Waals surface area contributed by atoms with Crippen LogP contribution in [0.5, 0.6) is 0 Å². The standard InChI is InChI=1S/C20H30N2O3/c1-6-19(23)21(5)18-10-8-9-16(15(18)4)17-13-22(12-11-14(17)3)20(24)25-7-2/h8-10,14,17H,6-7,11-13H2,1-5H3. The van der Waals surface area contributed by atoms with E-state index in [-0.39, 0.29) is 17.9 Å². The molecular weight excluding hydrogens is 316 g/mol. The number of carbonyl (C=O) groups is 2. The lowest BCUT2D eigenvalue weighted by Crippen LogP contribution is -2.42. The molecule has 0 spiro atoms. The van der Waals surface area contributed by atoms with Crippen molar-refractivity contribution < 1.29 is 14.3 Å². The molecule has 138 valence electrons. The van der Waals surface area contributed by atoms with Gasteiger partial charge in [-0.15, -0.1) is 0 Å². The minimum Gasteiger partial charge on any atom is -0.450 e. The number of amides is 2. The van der Waals surface area contributed by atoms with E-state index in [1.165, 1.54) is 5.56 Å². The number of ether oxygens (including phenoxy) is 1. The zero-order chi connectivity index (χ0) is 18.6. The molecule has 1 aliphatic heterocycles. The molecule has 1 heterocycles. The highest BCUT2D eigenvalue weighted by atomic mass is 16.6. The van der Waals surface area contributed by atoms with Gasteiger partial charge in [0.15, 0.2) is 0 Å². The zero-order valence-corrected chi connectivity index (χ0v) is 16.0. The Bertz CT molecular complexity index is 629. The summed E-state index contributed by atoms with van der Waals surface area (Å²) in [6.07, 6.45) is 1.21. The van der Waals surface area contributed by atoms with Gasteiger partial charge in [-0.05, 0) is 43.4 Å². The molecule has 2 amide bonds. The molecule has 0 radical (unpaired) electrons.